The van der Waals surface area contributed by atoms with Crippen LogP contribution < -0.4 is 11.2 Å². The van der Waals surface area contributed by atoms with Gasteiger partial charge in [-0.05, 0) is 32.8 Å². The van der Waals surface area contributed by atoms with Crippen LogP contribution >= 0.6 is 0 Å². The molecule has 0 atom stereocenters. The minimum atomic E-state index is -5.04. The van der Waals surface area contributed by atoms with E-state index in [0.29, 0.717) is 4.57 Å². The highest BCUT2D eigenvalue weighted by atomic mass is 19.1. The fourth-order valence-electron chi connectivity index (χ4n) is 1.44. The number of H-pyrrole nitrogens is 1. The number of aryl methyl sites for hydroxylation is 1. The summed E-state index contributed by atoms with van der Waals surface area (Å²) >= 11 is 0. The standard InChI is InChI=1S/C13H19FN4O2/c1-13(2,14)6-4-5-7-18-11(19)9-10(16-8-15-9)17(3)12(18)20/h8H,4-7H2,1-3H3,(H,15,16)/i1D3,2D3,4D2,5D2,6D2,7D2. The number of hydrogen-bond acceptors (Lipinski definition) is 3. The van der Waals surface area contributed by atoms with Gasteiger partial charge >= 0.3 is 5.69 Å². The van der Waals surface area contributed by atoms with E-state index in [1.807, 2.05) is 0 Å². The Kier molecular flexibility index (Phi) is 1.26. The number of halogens is 1. The van der Waals surface area contributed by atoms with Crippen LogP contribution in [0.25, 0.3) is 11.2 Å². The number of alkyl halides is 1. The summed E-state index contributed by atoms with van der Waals surface area (Å²) < 4.78 is 123. The normalized spacial score (nSPS) is 26.7. The molecule has 0 amide bonds. The van der Waals surface area contributed by atoms with E-state index in [4.69, 9.17) is 19.2 Å². The number of nitrogens with one attached hydrogen (secondary N) is 1. The van der Waals surface area contributed by atoms with Crippen LogP contribution in [0.4, 0.5) is 4.39 Å². The molecule has 0 aliphatic heterocycles. The zero-order chi connectivity index (χ0) is 27.1. The molecule has 0 saturated carbocycles. The predicted octanol–water partition coefficient (Wildman–Crippen LogP) is 1.34. The maximum absolute atomic E-state index is 15.6. The first-order valence-electron chi connectivity index (χ1n) is 12.2. The van der Waals surface area contributed by atoms with Crippen molar-refractivity contribution in [2.75, 3.05) is 0 Å². The number of rotatable bonds is 5. The number of nitrogens with zero attached hydrogens (tertiary/aromatic N) is 3. The Labute approximate surface area is 134 Å². The highest BCUT2D eigenvalue weighted by Crippen LogP contribution is 2.17. The van der Waals surface area contributed by atoms with Crippen LogP contribution in [-0.4, -0.2) is 24.8 Å². The van der Waals surface area contributed by atoms with Gasteiger partial charge in [-0.15, -0.1) is 0 Å². The van der Waals surface area contributed by atoms with Crippen molar-refractivity contribution in [2.24, 2.45) is 7.05 Å². The summed E-state index contributed by atoms with van der Waals surface area (Å²) in [5, 5.41) is 0. The van der Waals surface area contributed by atoms with Crippen molar-refractivity contribution in [1.29, 1.82) is 0 Å². The molecular weight excluding hydrogens is 263 g/mol. The molecule has 1 N–H and O–H groups in total. The van der Waals surface area contributed by atoms with Gasteiger partial charge in [-0.25, -0.2) is 14.2 Å². The highest BCUT2D eigenvalue weighted by molar-refractivity contribution is 5.68. The van der Waals surface area contributed by atoms with Gasteiger partial charge in [-0.1, -0.05) is 0 Å². The first-order chi connectivity index (χ1) is 14.8. The third kappa shape index (κ3) is 2.81. The van der Waals surface area contributed by atoms with E-state index in [1.165, 1.54) is 0 Å². The molecule has 0 aliphatic rings. The average molecular weight is 296 g/mol. The fraction of sp³-hybridized carbons (Fsp3) is 0.615. The molecule has 2 heterocycles. The second-order valence-corrected chi connectivity index (χ2v) is 3.73. The number of fused-ring (bicyclic) bond motifs is 1. The van der Waals surface area contributed by atoms with Crippen LogP contribution in [0.2, 0.25) is 0 Å². The van der Waals surface area contributed by atoms with Crippen molar-refractivity contribution in [1.82, 2.24) is 19.1 Å². The molecular formula is C13H19FN4O2. The first kappa shape index (κ1) is 4.82. The van der Waals surface area contributed by atoms with E-state index in [9.17, 15) is 9.59 Å². The minimum absolute atomic E-state index is 0.284. The van der Waals surface area contributed by atoms with Gasteiger partial charge < -0.3 is 4.98 Å². The molecule has 0 aliphatic carbocycles. The van der Waals surface area contributed by atoms with E-state index < -0.39 is 66.3 Å². The van der Waals surface area contributed by atoms with Crippen molar-refractivity contribution in [3.63, 3.8) is 0 Å². The summed E-state index contributed by atoms with van der Waals surface area (Å²) in [6.07, 6.45) is -12.8. The van der Waals surface area contributed by atoms with Crippen LogP contribution in [0, 0.1) is 0 Å². The monoisotopic (exact) mass is 296 g/mol. The summed E-state index contributed by atoms with van der Waals surface area (Å²) in [5.74, 6) is 0. The lowest BCUT2D eigenvalue weighted by molar-refractivity contribution is 0.195. The van der Waals surface area contributed by atoms with Gasteiger partial charge in [0.1, 0.15) is 11.2 Å². The van der Waals surface area contributed by atoms with E-state index >= 15 is 4.39 Å². The Hall–Kier alpha value is -1.92. The fourth-order valence-corrected chi connectivity index (χ4v) is 1.44. The van der Waals surface area contributed by atoms with Gasteiger partial charge in [0.25, 0.3) is 5.56 Å². The van der Waals surface area contributed by atoms with Gasteiger partial charge in [-0.3, -0.25) is 13.9 Å². The molecule has 0 aromatic carbocycles. The van der Waals surface area contributed by atoms with Crippen molar-refractivity contribution in [2.45, 2.75) is 45.0 Å². The quantitative estimate of drug-likeness (QED) is 0.905. The van der Waals surface area contributed by atoms with E-state index in [2.05, 4.69) is 9.97 Å². The zero-order valence-electron chi connectivity index (χ0n) is 24.1. The average Bonchev–Trinajstić information content (AvgIpc) is 3.13. The number of hydrogen-bond donors (Lipinski definition) is 1. The highest BCUT2D eigenvalue weighted by Gasteiger charge is 2.15. The van der Waals surface area contributed by atoms with Gasteiger partial charge in [0.2, 0.25) is 0 Å². The lowest BCUT2D eigenvalue weighted by Crippen LogP contribution is -2.39. The third-order valence-electron chi connectivity index (χ3n) is 2.30. The second-order valence-electron chi connectivity index (χ2n) is 3.73. The molecule has 20 heavy (non-hydrogen) atoms. The van der Waals surface area contributed by atoms with E-state index in [1.54, 1.807) is 0 Å². The van der Waals surface area contributed by atoms with Crippen LogP contribution in [0.3, 0.4) is 0 Å². The molecule has 7 heteroatoms. The van der Waals surface area contributed by atoms with Crippen molar-refractivity contribution in [3.8, 4) is 0 Å². The Bertz CT molecular complexity index is 1210. The summed E-state index contributed by atoms with van der Waals surface area (Å²) in [7, 11) is 1.01. The maximum Gasteiger partial charge on any atom is 0.332 e. The molecule has 0 fully saturated rings. The predicted molar refractivity (Wildman–Crippen MR) is 74.6 cm³/mol. The summed E-state index contributed by atoms with van der Waals surface area (Å²) in [4.78, 5) is 31.4. The SMILES string of the molecule is [2H]C([2H])([2H])C(F)(C([2H])([2H])[2H])C([2H])([2H])C([2H])([2H])C([2H])([2H])C([2H])([2H])n1c(=O)c2[nH]cnc2n(C)c1=O. The number of aromatic amines is 1. The lowest BCUT2D eigenvalue weighted by Gasteiger charge is -2.13. The molecule has 0 radical (unpaired) electrons. The van der Waals surface area contributed by atoms with Gasteiger partial charge in [0.05, 0.1) is 9.07 Å². The topological polar surface area (TPSA) is 72.7 Å². The largest absolute Gasteiger partial charge is 0.339 e. The maximum atomic E-state index is 15.6. The molecule has 6 nitrogen and oxygen atoms in total. The van der Waals surface area contributed by atoms with E-state index in [0.717, 1.165) is 13.4 Å². The molecule has 0 saturated heterocycles. The third-order valence-corrected chi connectivity index (χ3v) is 2.30. The van der Waals surface area contributed by atoms with Crippen LogP contribution in [0.15, 0.2) is 15.9 Å². The molecule has 2 rings (SSSR count). The molecule has 0 unspecified atom stereocenters. The Morgan fingerprint density at radius 3 is 2.95 bits per heavy atom. The van der Waals surface area contributed by atoms with E-state index in [-0.39, 0.29) is 5.65 Å². The Balaban J connectivity index is 2.91. The molecule has 2 aromatic rings. The van der Waals surface area contributed by atoms with Crippen molar-refractivity contribution in [3.05, 3.63) is 27.2 Å². The zero-order valence-corrected chi connectivity index (χ0v) is 10.1. The summed E-state index contributed by atoms with van der Waals surface area (Å²) in [6.45, 7) is -12.9. The van der Waals surface area contributed by atoms with Crippen LogP contribution in [0.1, 0.15) is 52.0 Å². The Morgan fingerprint density at radius 2 is 2.25 bits per heavy atom. The van der Waals surface area contributed by atoms with Crippen molar-refractivity contribution < 1.29 is 23.6 Å². The molecule has 110 valence electrons. The first-order valence-corrected chi connectivity index (χ1v) is 5.18. The second kappa shape index (κ2) is 5.22. The van der Waals surface area contributed by atoms with Gasteiger partial charge in [0.15, 0.2) is 5.65 Å². The van der Waals surface area contributed by atoms with Crippen LogP contribution in [-0.2, 0) is 13.5 Å². The molecule has 2 aromatic heterocycles. The minimum Gasteiger partial charge on any atom is -0.339 e. The smallest absolute Gasteiger partial charge is 0.332 e. The lowest BCUT2D eigenvalue weighted by atomic mass is 10.0. The Morgan fingerprint density at radius 1 is 1.50 bits per heavy atom. The molecule has 0 bridgehead atoms. The summed E-state index contributed by atoms with van der Waals surface area (Å²) in [6, 6.07) is 0. The van der Waals surface area contributed by atoms with Gasteiger partial charge in [0, 0.05) is 30.0 Å². The van der Waals surface area contributed by atoms with Gasteiger partial charge in [-0.2, -0.15) is 0 Å². The summed E-state index contributed by atoms with van der Waals surface area (Å²) in [5.41, 5.74) is -8.95. The van der Waals surface area contributed by atoms with Crippen LogP contribution in [0.5, 0.6) is 0 Å². The molecule has 0 spiro atoms. The number of aromatic nitrogens is 4. The number of imidazole rings is 1. The van der Waals surface area contributed by atoms with Crippen molar-refractivity contribution >= 4 is 11.2 Å².